The van der Waals surface area contributed by atoms with Gasteiger partial charge < -0.3 is 14.4 Å². The van der Waals surface area contributed by atoms with Gasteiger partial charge in [-0.2, -0.15) is 0 Å². The van der Waals surface area contributed by atoms with E-state index in [2.05, 4.69) is 0 Å². The van der Waals surface area contributed by atoms with Crippen LogP contribution in [0, 0.1) is 5.41 Å². The maximum Gasteiger partial charge on any atom is 0.224 e. The summed E-state index contributed by atoms with van der Waals surface area (Å²) in [4.78, 5) is 25.3. The van der Waals surface area contributed by atoms with Gasteiger partial charge in [-0.15, -0.1) is 0 Å². The third-order valence-electron chi connectivity index (χ3n) is 4.33. The number of hydrogen-bond acceptors (Lipinski definition) is 3. The Kier molecular flexibility index (Phi) is 4.12. The molecule has 1 amide bonds. The van der Waals surface area contributed by atoms with Gasteiger partial charge in [0.1, 0.15) is 12.0 Å². The highest BCUT2D eigenvalue weighted by molar-refractivity contribution is 5.85. The van der Waals surface area contributed by atoms with Gasteiger partial charge in [0.05, 0.1) is 18.6 Å². The number of carbonyl (C=O) groups is 2. The van der Waals surface area contributed by atoms with Crippen LogP contribution in [0.3, 0.4) is 0 Å². The summed E-state index contributed by atoms with van der Waals surface area (Å²) in [6.07, 6.45) is 1.98. The predicted octanol–water partition coefficient (Wildman–Crippen LogP) is 2.58. The molecular weight excluding hydrogens is 254 g/mol. The van der Waals surface area contributed by atoms with Crippen molar-refractivity contribution in [2.75, 3.05) is 13.7 Å². The molecule has 1 aliphatic rings. The van der Waals surface area contributed by atoms with Crippen LogP contribution in [-0.2, 0) is 9.59 Å². The van der Waals surface area contributed by atoms with Crippen molar-refractivity contribution in [2.24, 2.45) is 5.41 Å². The second-order valence-electron chi connectivity index (χ2n) is 5.48. The van der Waals surface area contributed by atoms with Crippen LogP contribution in [0.5, 0.6) is 5.75 Å². The Balaban J connectivity index is 2.18. The summed E-state index contributed by atoms with van der Waals surface area (Å²) in [6, 6.07) is 7.67. The van der Waals surface area contributed by atoms with E-state index in [-0.39, 0.29) is 11.9 Å². The van der Waals surface area contributed by atoms with E-state index in [0.717, 1.165) is 17.6 Å². The number of carbonyl (C=O) groups excluding carboxylic acids is 2. The molecule has 0 spiro atoms. The van der Waals surface area contributed by atoms with E-state index >= 15 is 0 Å². The first-order valence-corrected chi connectivity index (χ1v) is 6.95. The standard InChI is InChI=1S/C16H21NO3/c1-4-16(11-18)9-15(19)17(10-16)12(2)13-5-7-14(20-3)8-6-13/h5-8,11-12H,4,9-10H2,1-3H3/t12-,16?/m0/s1. The van der Waals surface area contributed by atoms with Gasteiger partial charge in [-0.3, -0.25) is 4.79 Å². The Bertz CT molecular complexity index is 497. The maximum atomic E-state index is 12.2. The first-order chi connectivity index (χ1) is 9.55. The number of methoxy groups -OCH3 is 1. The van der Waals surface area contributed by atoms with Crippen molar-refractivity contribution in [3.05, 3.63) is 29.8 Å². The minimum absolute atomic E-state index is 0.0261. The zero-order valence-electron chi connectivity index (χ0n) is 12.3. The molecule has 0 aliphatic carbocycles. The molecule has 0 N–H and O–H groups in total. The number of amides is 1. The first kappa shape index (κ1) is 14.6. The van der Waals surface area contributed by atoms with Crippen LogP contribution >= 0.6 is 0 Å². The van der Waals surface area contributed by atoms with E-state index in [4.69, 9.17) is 4.74 Å². The zero-order chi connectivity index (χ0) is 14.8. The minimum atomic E-state index is -0.502. The molecule has 1 aromatic carbocycles. The second-order valence-corrected chi connectivity index (χ2v) is 5.48. The second kappa shape index (κ2) is 5.65. The minimum Gasteiger partial charge on any atom is -0.497 e. The molecule has 1 aromatic rings. The van der Waals surface area contributed by atoms with Gasteiger partial charge in [-0.05, 0) is 31.0 Å². The van der Waals surface area contributed by atoms with E-state index in [1.807, 2.05) is 38.1 Å². The monoisotopic (exact) mass is 275 g/mol. The summed E-state index contributed by atoms with van der Waals surface area (Å²) in [5.41, 5.74) is 0.551. The summed E-state index contributed by atoms with van der Waals surface area (Å²) < 4.78 is 5.14. The summed E-state index contributed by atoms with van der Waals surface area (Å²) in [6.45, 7) is 4.47. The molecule has 0 aromatic heterocycles. The Morgan fingerprint density at radius 3 is 2.50 bits per heavy atom. The SMILES string of the molecule is CCC1(C=O)CC(=O)N([C@@H](C)c2ccc(OC)cc2)C1. The van der Waals surface area contributed by atoms with Gasteiger partial charge in [-0.1, -0.05) is 19.1 Å². The van der Waals surface area contributed by atoms with Gasteiger partial charge in [0.2, 0.25) is 5.91 Å². The molecule has 2 atom stereocenters. The Morgan fingerprint density at radius 2 is 2.05 bits per heavy atom. The van der Waals surface area contributed by atoms with E-state index in [1.165, 1.54) is 0 Å². The average Bonchev–Trinajstić information content (AvgIpc) is 2.84. The molecule has 108 valence electrons. The molecule has 20 heavy (non-hydrogen) atoms. The topological polar surface area (TPSA) is 46.6 Å². The summed E-state index contributed by atoms with van der Waals surface area (Å²) >= 11 is 0. The summed E-state index contributed by atoms with van der Waals surface area (Å²) in [7, 11) is 1.63. The van der Waals surface area contributed by atoms with Gasteiger partial charge in [0.15, 0.2) is 0 Å². The van der Waals surface area contributed by atoms with Crippen molar-refractivity contribution < 1.29 is 14.3 Å². The van der Waals surface area contributed by atoms with E-state index in [1.54, 1.807) is 12.0 Å². The number of rotatable bonds is 5. The Labute approximate surface area is 119 Å². The highest BCUT2D eigenvalue weighted by Gasteiger charge is 2.43. The van der Waals surface area contributed by atoms with Crippen molar-refractivity contribution >= 4 is 12.2 Å². The first-order valence-electron chi connectivity index (χ1n) is 6.95. The maximum absolute atomic E-state index is 12.2. The van der Waals surface area contributed by atoms with Gasteiger partial charge in [0.25, 0.3) is 0 Å². The molecule has 1 fully saturated rings. The molecule has 4 nitrogen and oxygen atoms in total. The number of ether oxygens (including phenoxy) is 1. The number of likely N-dealkylation sites (tertiary alicyclic amines) is 1. The largest absolute Gasteiger partial charge is 0.497 e. The van der Waals surface area contributed by atoms with Crippen molar-refractivity contribution in [1.82, 2.24) is 4.90 Å². The molecular formula is C16H21NO3. The average molecular weight is 275 g/mol. The molecule has 0 saturated carbocycles. The smallest absolute Gasteiger partial charge is 0.224 e. The number of benzene rings is 1. The fraction of sp³-hybridized carbons (Fsp3) is 0.500. The van der Waals surface area contributed by atoms with Crippen molar-refractivity contribution in [3.63, 3.8) is 0 Å². The van der Waals surface area contributed by atoms with Crippen LogP contribution in [0.4, 0.5) is 0 Å². The molecule has 1 unspecified atom stereocenters. The Hall–Kier alpha value is -1.84. The van der Waals surface area contributed by atoms with Crippen LogP contribution in [0.25, 0.3) is 0 Å². The molecule has 0 bridgehead atoms. The normalized spacial score (nSPS) is 23.8. The van der Waals surface area contributed by atoms with Crippen LogP contribution in [-0.4, -0.2) is 30.7 Å². The number of nitrogens with zero attached hydrogens (tertiary/aromatic N) is 1. The fourth-order valence-corrected chi connectivity index (χ4v) is 2.70. The lowest BCUT2D eigenvalue weighted by atomic mass is 9.86. The van der Waals surface area contributed by atoms with E-state index < -0.39 is 5.41 Å². The molecule has 1 heterocycles. The van der Waals surface area contributed by atoms with Crippen LogP contribution in [0.1, 0.15) is 38.3 Å². The van der Waals surface area contributed by atoms with Crippen molar-refractivity contribution in [2.45, 2.75) is 32.7 Å². The van der Waals surface area contributed by atoms with Gasteiger partial charge in [0, 0.05) is 13.0 Å². The van der Waals surface area contributed by atoms with Gasteiger partial charge in [-0.25, -0.2) is 0 Å². The zero-order valence-corrected chi connectivity index (χ0v) is 12.3. The Morgan fingerprint density at radius 1 is 1.40 bits per heavy atom. The van der Waals surface area contributed by atoms with Gasteiger partial charge >= 0.3 is 0 Å². The number of aldehydes is 1. The molecule has 4 heteroatoms. The number of hydrogen-bond donors (Lipinski definition) is 0. The predicted molar refractivity (Wildman–Crippen MR) is 76.5 cm³/mol. The summed E-state index contributed by atoms with van der Waals surface area (Å²) in [5.74, 6) is 0.853. The highest BCUT2D eigenvalue weighted by atomic mass is 16.5. The molecule has 2 rings (SSSR count). The van der Waals surface area contributed by atoms with E-state index in [0.29, 0.717) is 19.4 Å². The third-order valence-corrected chi connectivity index (χ3v) is 4.33. The molecule has 1 aliphatic heterocycles. The quantitative estimate of drug-likeness (QED) is 0.776. The lowest BCUT2D eigenvalue weighted by molar-refractivity contribution is -0.129. The van der Waals surface area contributed by atoms with Crippen LogP contribution in [0.2, 0.25) is 0 Å². The van der Waals surface area contributed by atoms with Crippen molar-refractivity contribution in [1.29, 1.82) is 0 Å². The highest BCUT2D eigenvalue weighted by Crippen LogP contribution is 2.37. The fourth-order valence-electron chi connectivity index (χ4n) is 2.70. The van der Waals surface area contributed by atoms with Crippen LogP contribution < -0.4 is 4.74 Å². The summed E-state index contributed by atoms with van der Waals surface area (Å²) in [5, 5.41) is 0. The molecule has 1 saturated heterocycles. The molecule has 0 radical (unpaired) electrons. The van der Waals surface area contributed by atoms with Crippen LogP contribution in [0.15, 0.2) is 24.3 Å². The van der Waals surface area contributed by atoms with E-state index in [9.17, 15) is 9.59 Å². The van der Waals surface area contributed by atoms with Crippen molar-refractivity contribution in [3.8, 4) is 5.75 Å². The lowest BCUT2D eigenvalue weighted by Gasteiger charge is -2.27. The third kappa shape index (κ3) is 2.55. The lowest BCUT2D eigenvalue weighted by Crippen LogP contribution is -2.31.